The van der Waals surface area contributed by atoms with E-state index in [1.807, 2.05) is 105 Å². The Morgan fingerprint density at radius 2 is 1.51 bits per heavy atom. The van der Waals surface area contributed by atoms with Gasteiger partial charge in [-0.1, -0.05) is 60.3 Å². The zero-order valence-electron chi connectivity index (χ0n) is 24.4. The molecule has 8 heteroatoms. The lowest BCUT2D eigenvalue weighted by Gasteiger charge is -2.09. The van der Waals surface area contributed by atoms with Gasteiger partial charge in [-0.05, 0) is 97.6 Å². The normalized spacial score (nSPS) is 11.0. The minimum absolute atomic E-state index is 0.131. The second kappa shape index (κ2) is 13.8. The van der Waals surface area contributed by atoms with Gasteiger partial charge in [0, 0.05) is 40.9 Å². The highest BCUT2D eigenvalue weighted by molar-refractivity contribution is 7.98. The molecule has 2 N–H and O–H groups in total. The number of hydrogen-bond acceptors (Lipinski definition) is 5. The lowest BCUT2D eigenvalue weighted by Crippen LogP contribution is -2.12. The summed E-state index contributed by atoms with van der Waals surface area (Å²) in [4.78, 5) is 25.1. The third-order valence-corrected chi connectivity index (χ3v) is 7.77. The van der Waals surface area contributed by atoms with Crippen LogP contribution in [0.25, 0.3) is 17.5 Å². The molecular weight excluding hydrogens is 554 g/mol. The van der Waals surface area contributed by atoms with E-state index >= 15 is 0 Å². The van der Waals surface area contributed by atoms with Gasteiger partial charge >= 0.3 is 0 Å². The van der Waals surface area contributed by atoms with Gasteiger partial charge < -0.3 is 15.2 Å². The van der Waals surface area contributed by atoms with Crippen LogP contribution in [-0.2, 0) is 17.1 Å². The Kier molecular flexibility index (Phi) is 9.49. The largest absolute Gasteiger partial charge is 0.323 e. The molecule has 5 aromatic rings. The lowest BCUT2D eigenvalue weighted by atomic mass is 10.1. The number of aryl methyl sites for hydroxylation is 2. The van der Waals surface area contributed by atoms with Gasteiger partial charge in [-0.2, -0.15) is 0 Å². The van der Waals surface area contributed by atoms with E-state index in [1.54, 1.807) is 17.8 Å². The van der Waals surface area contributed by atoms with Crippen molar-refractivity contribution in [3.63, 3.8) is 0 Å². The summed E-state index contributed by atoms with van der Waals surface area (Å²) >= 11 is 1.60. The zero-order chi connectivity index (χ0) is 30.2. The summed E-state index contributed by atoms with van der Waals surface area (Å²) in [6, 6.07) is 30.9. The van der Waals surface area contributed by atoms with E-state index in [4.69, 9.17) is 0 Å². The van der Waals surface area contributed by atoms with E-state index in [0.717, 1.165) is 44.5 Å². The fourth-order valence-corrected chi connectivity index (χ4v) is 5.63. The zero-order valence-corrected chi connectivity index (χ0v) is 25.2. The number of hydrogen-bond donors (Lipinski definition) is 2. The van der Waals surface area contributed by atoms with Crippen molar-refractivity contribution in [1.82, 2.24) is 14.8 Å². The summed E-state index contributed by atoms with van der Waals surface area (Å²) in [5, 5.41) is 15.6. The maximum absolute atomic E-state index is 12.7. The van der Waals surface area contributed by atoms with Crippen molar-refractivity contribution in [2.75, 3.05) is 10.6 Å². The fraction of sp³-hybridized carbons (Fsp3) is 0.143. The first-order valence-corrected chi connectivity index (χ1v) is 15.1. The average molecular weight is 588 g/mol. The van der Waals surface area contributed by atoms with E-state index in [9.17, 15) is 9.59 Å². The second-order valence-electron chi connectivity index (χ2n) is 10.2. The average Bonchev–Trinajstić information content (AvgIpc) is 3.42. The number of thioether (sulfide) groups is 1. The molecule has 7 nitrogen and oxygen atoms in total. The van der Waals surface area contributed by atoms with Crippen molar-refractivity contribution in [2.45, 2.75) is 38.2 Å². The van der Waals surface area contributed by atoms with Gasteiger partial charge in [0.25, 0.3) is 5.91 Å². The molecule has 0 aliphatic carbocycles. The standard InChI is InChI=1S/C35H33N5O2S/c1-4-40-33(28-15-17-30(18-16-28)36-32(41)19-12-26-8-6-5-7-9-26)38-39-35(40)43-23-27-10-13-29(14-11-27)34(42)37-31-21-24(2)20-25(3)22-31/h5-22H,4,23H2,1-3H3,(H,36,41)(H,37,42). The first-order valence-electron chi connectivity index (χ1n) is 14.1. The van der Waals surface area contributed by atoms with Crippen molar-refractivity contribution in [1.29, 1.82) is 0 Å². The molecule has 0 atom stereocenters. The van der Waals surface area contributed by atoms with E-state index in [0.29, 0.717) is 23.5 Å². The first-order chi connectivity index (χ1) is 20.9. The Balaban J connectivity index is 1.18. The number of nitrogens with zero attached hydrogens (tertiary/aromatic N) is 3. The summed E-state index contributed by atoms with van der Waals surface area (Å²) in [6.45, 7) is 6.81. The van der Waals surface area contributed by atoms with Gasteiger partial charge in [0.15, 0.2) is 11.0 Å². The number of nitrogens with one attached hydrogen (secondary N) is 2. The number of carbonyl (C=O) groups is 2. The number of benzene rings is 4. The third-order valence-electron chi connectivity index (χ3n) is 6.73. The molecular formula is C35H33N5O2S. The van der Waals surface area contributed by atoms with Crippen LogP contribution in [0.5, 0.6) is 0 Å². The second-order valence-corrected chi connectivity index (χ2v) is 11.1. The van der Waals surface area contributed by atoms with Crippen LogP contribution in [0.1, 0.15) is 39.5 Å². The van der Waals surface area contributed by atoms with Crippen molar-refractivity contribution in [3.8, 4) is 11.4 Å². The SMILES string of the molecule is CCn1c(SCc2ccc(C(=O)Nc3cc(C)cc(C)c3)cc2)nnc1-c1ccc(NC(=O)C=Cc2ccccc2)cc1. The van der Waals surface area contributed by atoms with Crippen LogP contribution in [0.3, 0.4) is 0 Å². The van der Waals surface area contributed by atoms with Crippen molar-refractivity contribution < 1.29 is 9.59 Å². The van der Waals surface area contributed by atoms with Gasteiger partial charge in [0.05, 0.1) is 0 Å². The van der Waals surface area contributed by atoms with Gasteiger partial charge in [-0.15, -0.1) is 10.2 Å². The molecule has 2 amide bonds. The fourth-order valence-electron chi connectivity index (χ4n) is 4.67. The number of anilines is 2. The predicted molar refractivity (Wildman–Crippen MR) is 175 cm³/mol. The molecule has 0 aliphatic rings. The van der Waals surface area contributed by atoms with Crippen molar-refractivity contribution >= 4 is 41.0 Å². The topological polar surface area (TPSA) is 88.9 Å². The van der Waals surface area contributed by atoms with Crippen LogP contribution in [-0.4, -0.2) is 26.6 Å². The van der Waals surface area contributed by atoms with Crippen LogP contribution >= 0.6 is 11.8 Å². The summed E-state index contributed by atoms with van der Waals surface area (Å²) in [5.41, 5.74) is 7.30. The highest BCUT2D eigenvalue weighted by atomic mass is 32.2. The van der Waals surface area contributed by atoms with Crippen molar-refractivity contribution in [2.24, 2.45) is 0 Å². The Bertz CT molecular complexity index is 1720. The van der Waals surface area contributed by atoms with Crippen LogP contribution in [0.4, 0.5) is 11.4 Å². The van der Waals surface area contributed by atoms with Gasteiger partial charge in [-0.3, -0.25) is 9.59 Å². The molecule has 0 spiro atoms. The molecule has 0 fully saturated rings. The van der Waals surface area contributed by atoms with E-state index < -0.39 is 0 Å². The number of carbonyl (C=O) groups excluding carboxylic acids is 2. The Hall–Kier alpha value is -4.95. The molecule has 216 valence electrons. The van der Waals surface area contributed by atoms with Crippen molar-refractivity contribution in [3.05, 3.63) is 131 Å². The maximum atomic E-state index is 12.7. The summed E-state index contributed by atoms with van der Waals surface area (Å²) in [5.74, 6) is 1.14. The van der Waals surface area contributed by atoms with E-state index in [1.165, 1.54) is 6.08 Å². The Morgan fingerprint density at radius 3 is 2.19 bits per heavy atom. The van der Waals surface area contributed by atoms with Gasteiger partial charge in [-0.25, -0.2) is 0 Å². The Labute approximate surface area is 256 Å². The number of amides is 2. The van der Waals surface area contributed by atoms with Crippen LogP contribution in [0.2, 0.25) is 0 Å². The Morgan fingerprint density at radius 1 is 0.814 bits per heavy atom. The molecule has 0 aliphatic heterocycles. The van der Waals surface area contributed by atoms with E-state index in [2.05, 4.69) is 38.4 Å². The van der Waals surface area contributed by atoms with Gasteiger partial charge in [0.2, 0.25) is 5.91 Å². The van der Waals surface area contributed by atoms with Crippen LogP contribution in [0, 0.1) is 13.8 Å². The molecule has 0 saturated heterocycles. The smallest absolute Gasteiger partial charge is 0.255 e. The molecule has 0 radical (unpaired) electrons. The lowest BCUT2D eigenvalue weighted by molar-refractivity contribution is -0.111. The predicted octanol–water partition coefficient (Wildman–Crippen LogP) is 7.78. The molecule has 0 bridgehead atoms. The third kappa shape index (κ3) is 7.87. The quantitative estimate of drug-likeness (QED) is 0.129. The summed E-state index contributed by atoms with van der Waals surface area (Å²) in [7, 11) is 0. The molecule has 1 heterocycles. The van der Waals surface area contributed by atoms with Gasteiger partial charge in [0.1, 0.15) is 0 Å². The maximum Gasteiger partial charge on any atom is 0.255 e. The number of aromatic nitrogens is 3. The molecule has 0 saturated carbocycles. The first kappa shape index (κ1) is 29.5. The van der Waals surface area contributed by atoms with E-state index in [-0.39, 0.29) is 11.8 Å². The molecule has 43 heavy (non-hydrogen) atoms. The monoisotopic (exact) mass is 587 g/mol. The summed E-state index contributed by atoms with van der Waals surface area (Å²) < 4.78 is 2.08. The number of rotatable bonds is 10. The molecule has 5 rings (SSSR count). The summed E-state index contributed by atoms with van der Waals surface area (Å²) in [6.07, 6.45) is 3.31. The minimum atomic E-state index is -0.193. The molecule has 4 aromatic carbocycles. The molecule has 0 unspecified atom stereocenters. The van der Waals surface area contributed by atoms with Crippen LogP contribution in [0.15, 0.2) is 108 Å². The van der Waals surface area contributed by atoms with Crippen LogP contribution < -0.4 is 10.6 Å². The molecule has 1 aromatic heterocycles. The minimum Gasteiger partial charge on any atom is -0.323 e. The highest BCUT2D eigenvalue weighted by Crippen LogP contribution is 2.27. The highest BCUT2D eigenvalue weighted by Gasteiger charge is 2.14.